The maximum Gasteiger partial charge on any atom is 0.354 e. The van der Waals surface area contributed by atoms with E-state index in [1.54, 1.807) is 6.07 Å². The summed E-state index contributed by atoms with van der Waals surface area (Å²) >= 11 is 0. The van der Waals surface area contributed by atoms with Crippen LogP contribution in [0.15, 0.2) is 23.0 Å². The van der Waals surface area contributed by atoms with Crippen molar-refractivity contribution in [2.75, 3.05) is 18.4 Å². The summed E-state index contributed by atoms with van der Waals surface area (Å²) in [6.45, 7) is 4.00. The molecule has 2 aliphatic heterocycles. The smallest absolute Gasteiger partial charge is 0.269 e. The molecule has 1 aliphatic carbocycles. The standard InChI is InChI=1S/C18H25N5O/c1-13-12-15(24)23-16(14-8-4-2-5-9-14)20-17(21-18(23)19-13)22-10-6-3-7-11-22/h2,4,12,14,16H,3,5-11H2,1H3,(H,19,20,21,24)/p+1. The van der Waals surface area contributed by atoms with Crippen molar-refractivity contribution >= 4 is 11.9 Å². The summed E-state index contributed by atoms with van der Waals surface area (Å²) in [5.41, 5.74) is 0.788. The minimum Gasteiger partial charge on any atom is -0.269 e. The molecule has 1 aromatic rings. The lowest BCUT2D eigenvalue weighted by Crippen LogP contribution is -2.54. The highest BCUT2D eigenvalue weighted by Gasteiger charge is 2.37. The SMILES string of the molecule is Cc1cc(=O)n2c(n1)NC(=[N+]1CCCCC1)NC2C1CC=CCC1. The fourth-order valence-electron chi connectivity index (χ4n) is 4.03. The Labute approximate surface area is 142 Å². The molecule has 2 atom stereocenters. The number of aryl methyl sites for hydroxylation is 1. The number of nitrogens with one attached hydrogen (secondary N) is 2. The third-order valence-electron chi connectivity index (χ3n) is 5.30. The highest BCUT2D eigenvalue weighted by atomic mass is 16.1. The number of piperidine rings is 1. The van der Waals surface area contributed by atoms with Crippen LogP contribution < -0.4 is 16.2 Å². The van der Waals surface area contributed by atoms with Crippen LogP contribution in [0.25, 0.3) is 0 Å². The van der Waals surface area contributed by atoms with Gasteiger partial charge in [-0.25, -0.2) is 14.9 Å². The molecule has 3 heterocycles. The summed E-state index contributed by atoms with van der Waals surface area (Å²) in [7, 11) is 0. The molecule has 6 heteroatoms. The van der Waals surface area contributed by atoms with Crippen LogP contribution >= 0.6 is 0 Å². The summed E-state index contributed by atoms with van der Waals surface area (Å²) in [4.78, 5) is 17.2. The van der Waals surface area contributed by atoms with Crippen LogP contribution in [0.1, 0.15) is 50.4 Å². The van der Waals surface area contributed by atoms with Crippen molar-refractivity contribution in [1.82, 2.24) is 14.9 Å². The number of fused-ring (bicyclic) bond motifs is 1. The van der Waals surface area contributed by atoms with Gasteiger partial charge in [-0.15, -0.1) is 0 Å². The molecule has 1 aromatic heterocycles. The van der Waals surface area contributed by atoms with E-state index in [9.17, 15) is 4.79 Å². The predicted molar refractivity (Wildman–Crippen MR) is 94.4 cm³/mol. The van der Waals surface area contributed by atoms with Crippen LogP contribution in [-0.2, 0) is 0 Å². The molecule has 24 heavy (non-hydrogen) atoms. The first-order valence-corrected chi connectivity index (χ1v) is 9.13. The monoisotopic (exact) mass is 328 g/mol. The van der Waals surface area contributed by atoms with E-state index in [4.69, 9.17) is 0 Å². The highest BCUT2D eigenvalue weighted by molar-refractivity contribution is 5.89. The normalized spacial score (nSPS) is 26.5. The van der Waals surface area contributed by atoms with Crippen LogP contribution in [0.2, 0.25) is 0 Å². The molecule has 1 fully saturated rings. The number of anilines is 1. The minimum absolute atomic E-state index is 0.0229. The van der Waals surface area contributed by atoms with Crippen molar-refractivity contribution in [3.8, 4) is 0 Å². The topological polar surface area (TPSA) is 62.0 Å². The van der Waals surface area contributed by atoms with E-state index >= 15 is 0 Å². The molecule has 0 aromatic carbocycles. The van der Waals surface area contributed by atoms with E-state index in [1.165, 1.54) is 19.3 Å². The van der Waals surface area contributed by atoms with Crippen molar-refractivity contribution < 1.29 is 4.58 Å². The average molecular weight is 328 g/mol. The number of hydrogen-bond acceptors (Lipinski definition) is 2. The number of allylic oxidation sites excluding steroid dienone is 2. The zero-order valence-corrected chi connectivity index (χ0v) is 14.3. The van der Waals surface area contributed by atoms with Gasteiger partial charge < -0.3 is 0 Å². The molecular formula is C18H26N5O+. The van der Waals surface area contributed by atoms with Gasteiger partial charge in [-0.3, -0.25) is 14.7 Å². The third kappa shape index (κ3) is 2.85. The molecule has 0 saturated carbocycles. The number of aromatic nitrogens is 2. The van der Waals surface area contributed by atoms with Crippen molar-refractivity contribution in [1.29, 1.82) is 0 Å². The van der Waals surface area contributed by atoms with Gasteiger partial charge in [0.25, 0.3) is 11.5 Å². The van der Waals surface area contributed by atoms with Crippen molar-refractivity contribution in [2.24, 2.45) is 5.92 Å². The van der Waals surface area contributed by atoms with Crippen molar-refractivity contribution in [3.05, 3.63) is 34.3 Å². The maximum atomic E-state index is 12.6. The lowest BCUT2D eigenvalue weighted by molar-refractivity contribution is -0.539. The molecule has 0 spiro atoms. The van der Waals surface area contributed by atoms with Gasteiger partial charge in [-0.1, -0.05) is 12.2 Å². The molecule has 0 amide bonds. The Bertz CT molecular complexity index is 740. The maximum absolute atomic E-state index is 12.6. The van der Waals surface area contributed by atoms with Crippen LogP contribution in [0.3, 0.4) is 0 Å². The number of nitrogens with zero attached hydrogens (tertiary/aromatic N) is 3. The van der Waals surface area contributed by atoms with E-state index in [1.807, 2.05) is 11.5 Å². The van der Waals surface area contributed by atoms with Crippen molar-refractivity contribution in [3.63, 3.8) is 0 Å². The lowest BCUT2D eigenvalue weighted by Gasteiger charge is -2.33. The molecule has 2 unspecified atom stereocenters. The fraction of sp³-hybridized carbons (Fsp3) is 0.611. The summed E-state index contributed by atoms with van der Waals surface area (Å²) in [5, 5.41) is 7.01. The fourth-order valence-corrected chi connectivity index (χ4v) is 4.03. The van der Waals surface area contributed by atoms with Crippen LogP contribution in [0, 0.1) is 12.8 Å². The molecule has 2 N–H and O–H groups in total. The van der Waals surface area contributed by atoms with E-state index in [2.05, 4.69) is 32.3 Å². The van der Waals surface area contributed by atoms with Gasteiger partial charge in [0.15, 0.2) is 6.17 Å². The summed E-state index contributed by atoms with van der Waals surface area (Å²) < 4.78 is 4.18. The second kappa shape index (κ2) is 6.42. The zero-order valence-electron chi connectivity index (χ0n) is 14.3. The summed E-state index contributed by atoms with van der Waals surface area (Å²) in [6.07, 6.45) is 11.4. The van der Waals surface area contributed by atoms with Gasteiger partial charge in [0.05, 0.1) is 13.1 Å². The Hall–Kier alpha value is -2.11. The zero-order chi connectivity index (χ0) is 16.5. The van der Waals surface area contributed by atoms with E-state index in [-0.39, 0.29) is 11.7 Å². The molecule has 128 valence electrons. The third-order valence-corrected chi connectivity index (χ3v) is 5.30. The quantitative estimate of drug-likeness (QED) is 0.611. The van der Waals surface area contributed by atoms with Gasteiger partial charge in [0, 0.05) is 17.7 Å². The van der Waals surface area contributed by atoms with E-state index in [0.29, 0.717) is 11.9 Å². The molecule has 0 radical (unpaired) electrons. The molecule has 1 saturated heterocycles. The Morgan fingerprint density at radius 2 is 2.08 bits per heavy atom. The van der Waals surface area contributed by atoms with Gasteiger partial charge in [-0.05, 0) is 45.4 Å². The first-order chi connectivity index (χ1) is 11.7. The molecule has 3 aliphatic rings. The van der Waals surface area contributed by atoms with Crippen LogP contribution in [-0.4, -0.2) is 33.2 Å². The van der Waals surface area contributed by atoms with Crippen LogP contribution in [0.4, 0.5) is 5.95 Å². The number of rotatable bonds is 1. The van der Waals surface area contributed by atoms with Crippen molar-refractivity contribution in [2.45, 2.75) is 51.6 Å². The first kappa shape index (κ1) is 15.4. The predicted octanol–water partition coefficient (Wildman–Crippen LogP) is 1.97. The lowest BCUT2D eigenvalue weighted by atomic mass is 9.91. The van der Waals surface area contributed by atoms with Crippen LogP contribution in [0.5, 0.6) is 0 Å². The Morgan fingerprint density at radius 1 is 1.25 bits per heavy atom. The molecule has 6 nitrogen and oxygen atoms in total. The Balaban J connectivity index is 1.77. The summed E-state index contributed by atoms with van der Waals surface area (Å²) in [6, 6.07) is 1.63. The van der Waals surface area contributed by atoms with Gasteiger partial charge in [0.2, 0.25) is 0 Å². The Morgan fingerprint density at radius 3 is 2.83 bits per heavy atom. The molecule has 0 bridgehead atoms. The van der Waals surface area contributed by atoms with Gasteiger partial charge in [-0.2, -0.15) is 0 Å². The number of guanidine groups is 1. The number of hydrogen-bond donors (Lipinski definition) is 2. The molecular weight excluding hydrogens is 302 g/mol. The van der Waals surface area contributed by atoms with E-state index < -0.39 is 0 Å². The highest BCUT2D eigenvalue weighted by Crippen LogP contribution is 2.30. The Kier molecular flexibility index (Phi) is 4.12. The minimum atomic E-state index is -0.0243. The van der Waals surface area contributed by atoms with Gasteiger partial charge in [0.1, 0.15) is 0 Å². The van der Waals surface area contributed by atoms with E-state index in [0.717, 1.165) is 44.0 Å². The first-order valence-electron chi connectivity index (χ1n) is 9.13. The second-order valence-corrected chi connectivity index (χ2v) is 7.08. The second-order valence-electron chi connectivity index (χ2n) is 7.08. The summed E-state index contributed by atoms with van der Waals surface area (Å²) in [5.74, 6) is 2.11. The average Bonchev–Trinajstić information content (AvgIpc) is 2.62. The van der Waals surface area contributed by atoms with Gasteiger partial charge >= 0.3 is 5.96 Å². The largest absolute Gasteiger partial charge is 0.354 e. The molecule has 4 rings (SSSR count).